The summed E-state index contributed by atoms with van der Waals surface area (Å²) in [5.41, 5.74) is 1.04. The number of fused-ring (bicyclic) bond motifs is 1. The molecule has 7 heteroatoms. The molecule has 2 heterocycles. The van der Waals surface area contributed by atoms with Crippen LogP contribution in [0.1, 0.15) is 63.9 Å². The van der Waals surface area contributed by atoms with Crippen LogP contribution in [0.4, 0.5) is 0 Å². The van der Waals surface area contributed by atoms with Crippen LogP contribution in [0.2, 0.25) is 0 Å². The molecule has 2 aromatic heterocycles. The minimum atomic E-state index is -1.03. The zero-order valence-corrected chi connectivity index (χ0v) is 15.4. The summed E-state index contributed by atoms with van der Waals surface area (Å²) in [5, 5.41) is 17.0. The van der Waals surface area contributed by atoms with Crippen molar-refractivity contribution in [2.24, 2.45) is 5.41 Å². The molecule has 25 heavy (non-hydrogen) atoms. The zero-order chi connectivity index (χ0) is 18.8. The van der Waals surface area contributed by atoms with Gasteiger partial charge < -0.3 is 10.4 Å². The van der Waals surface area contributed by atoms with Crippen LogP contribution in [0, 0.1) is 5.41 Å². The number of nitrogens with zero attached hydrogens (tertiary/aromatic N) is 3. The third kappa shape index (κ3) is 4.78. The molecule has 0 spiro atoms. The number of rotatable bonds is 6. The molecule has 2 aromatic rings. The Bertz CT molecular complexity index is 774. The lowest BCUT2D eigenvalue weighted by Crippen LogP contribution is -2.41. The Hall–Kier alpha value is -2.44. The Morgan fingerprint density at radius 3 is 2.52 bits per heavy atom. The SMILES string of the molecule is CC(C)n1ncc2cc(C(=O)NC(CCC(C)(C)C)C(=O)O)cnc21. The first-order valence-electron chi connectivity index (χ1n) is 8.45. The number of hydrogen-bond acceptors (Lipinski definition) is 4. The van der Waals surface area contributed by atoms with Gasteiger partial charge in [-0.05, 0) is 38.2 Å². The summed E-state index contributed by atoms with van der Waals surface area (Å²) in [5.74, 6) is -1.47. The number of carboxylic acid groups (broad SMARTS) is 1. The van der Waals surface area contributed by atoms with Gasteiger partial charge in [0.05, 0.1) is 11.8 Å². The highest BCUT2D eigenvalue weighted by Crippen LogP contribution is 2.22. The fraction of sp³-hybridized carbons (Fsp3) is 0.556. The maximum absolute atomic E-state index is 12.4. The molecule has 0 aliphatic rings. The second kappa shape index (κ2) is 7.21. The number of amides is 1. The molecule has 1 unspecified atom stereocenters. The third-order valence-corrected chi connectivity index (χ3v) is 3.97. The van der Waals surface area contributed by atoms with Crippen molar-refractivity contribution >= 4 is 22.9 Å². The Morgan fingerprint density at radius 2 is 1.96 bits per heavy atom. The van der Waals surface area contributed by atoms with E-state index in [1.165, 1.54) is 6.20 Å². The van der Waals surface area contributed by atoms with Gasteiger partial charge in [-0.3, -0.25) is 4.79 Å². The van der Waals surface area contributed by atoms with Crippen LogP contribution in [0.5, 0.6) is 0 Å². The summed E-state index contributed by atoms with van der Waals surface area (Å²) >= 11 is 0. The van der Waals surface area contributed by atoms with Crippen molar-refractivity contribution in [3.8, 4) is 0 Å². The molecule has 1 atom stereocenters. The molecule has 0 radical (unpaired) electrons. The molecule has 136 valence electrons. The average molecular weight is 346 g/mol. The Balaban J connectivity index is 2.15. The van der Waals surface area contributed by atoms with Crippen molar-refractivity contribution in [2.45, 2.75) is 59.5 Å². The van der Waals surface area contributed by atoms with Crippen molar-refractivity contribution in [1.29, 1.82) is 0 Å². The van der Waals surface area contributed by atoms with Crippen LogP contribution in [0.25, 0.3) is 11.0 Å². The quantitative estimate of drug-likeness (QED) is 0.838. The summed E-state index contributed by atoms with van der Waals surface area (Å²) in [6.07, 6.45) is 4.20. The summed E-state index contributed by atoms with van der Waals surface area (Å²) < 4.78 is 1.78. The fourth-order valence-corrected chi connectivity index (χ4v) is 2.52. The van der Waals surface area contributed by atoms with Crippen LogP contribution < -0.4 is 5.32 Å². The Morgan fingerprint density at radius 1 is 1.28 bits per heavy atom. The van der Waals surface area contributed by atoms with Gasteiger partial charge in [-0.2, -0.15) is 5.10 Å². The largest absolute Gasteiger partial charge is 0.480 e. The van der Waals surface area contributed by atoms with Gasteiger partial charge >= 0.3 is 5.97 Å². The molecule has 0 saturated heterocycles. The number of hydrogen-bond donors (Lipinski definition) is 2. The van der Waals surface area contributed by atoms with E-state index in [1.54, 1.807) is 16.9 Å². The zero-order valence-electron chi connectivity index (χ0n) is 15.4. The summed E-state index contributed by atoms with van der Waals surface area (Å²) in [6.45, 7) is 10.1. The van der Waals surface area contributed by atoms with Gasteiger partial charge in [-0.25, -0.2) is 14.5 Å². The lowest BCUT2D eigenvalue weighted by Gasteiger charge is -2.21. The monoisotopic (exact) mass is 346 g/mol. The highest BCUT2D eigenvalue weighted by atomic mass is 16.4. The number of carbonyl (C=O) groups excluding carboxylic acids is 1. The molecular formula is C18H26N4O3. The number of carboxylic acids is 1. The third-order valence-electron chi connectivity index (χ3n) is 3.97. The lowest BCUT2D eigenvalue weighted by molar-refractivity contribution is -0.139. The number of aromatic nitrogens is 3. The minimum absolute atomic E-state index is 0.00429. The van der Waals surface area contributed by atoms with E-state index < -0.39 is 17.9 Å². The highest BCUT2D eigenvalue weighted by molar-refractivity contribution is 5.98. The van der Waals surface area contributed by atoms with E-state index in [0.29, 0.717) is 24.1 Å². The van der Waals surface area contributed by atoms with Gasteiger partial charge in [0.25, 0.3) is 5.91 Å². The van der Waals surface area contributed by atoms with Gasteiger partial charge in [-0.1, -0.05) is 20.8 Å². The summed E-state index contributed by atoms with van der Waals surface area (Å²) in [7, 11) is 0. The minimum Gasteiger partial charge on any atom is -0.480 e. The maximum Gasteiger partial charge on any atom is 0.326 e. The van der Waals surface area contributed by atoms with Crippen LogP contribution >= 0.6 is 0 Å². The van der Waals surface area contributed by atoms with Crippen molar-refractivity contribution in [1.82, 2.24) is 20.1 Å². The van der Waals surface area contributed by atoms with E-state index in [1.807, 2.05) is 34.6 Å². The predicted molar refractivity (Wildman–Crippen MR) is 95.5 cm³/mol. The topological polar surface area (TPSA) is 97.1 Å². The first-order valence-corrected chi connectivity index (χ1v) is 8.45. The Labute approximate surface area is 147 Å². The van der Waals surface area contributed by atoms with Gasteiger partial charge in [0.2, 0.25) is 0 Å². The second-order valence-electron chi connectivity index (χ2n) is 7.78. The van der Waals surface area contributed by atoms with E-state index >= 15 is 0 Å². The smallest absolute Gasteiger partial charge is 0.326 e. The van der Waals surface area contributed by atoms with Gasteiger partial charge in [0.15, 0.2) is 5.65 Å². The molecule has 0 bridgehead atoms. The van der Waals surface area contributed by atoms with Crippen LogP contribution in [-0.2, 0) is 4.79 Å². The molecule has 0 aliphatic heterocycles. The average Bonchev–Trinajstić information content (AvgIpc) is 2.93. The second-order valence-corrected chi connectivity index (χ2v) is 7.78. The van der Waals surface area contributed by atoms with Crippen molar-refractivity contribution < 1.29 is 14.7 Å². The van der Waals surface area contributed by atoms with Crippen molar-refractivity contribution in [3.05, 3.63) is 24.0 Å². The van der Waals surface area contributed by atoms with Crippen molar-refractivity contribution in [3.63, 3.8) is 0 Å². The molecule has 0 saturated carbocycles. The molecule has 2 rings (SSSR count). The van der Waals surface area contributed by atoms with E-state index in [4.69, 9.17) is 0 Å². The first-order chi connectivity index (χ1) is 11.6. The van der Waals surface area contributed by atoms with Gasteiger partial charge in [-0.15, -0.1) is 0 Å². The predicted octanol–water partition coefficient (Wildman–Crippen LogP) is 3.02. The lowest BCUT2D eigenvalue weighted by atomic mass is 9.88. The molecular weight excluding hydrogens is 320 g/mol. The van der Waals surface area contributed by atoms with Crippen LogP contribution in [0.15, 0.2) is 18.5 Å². The van der Waals surface area contributed by atoms with Crippen LogP contribution in [0.3, 0.4) is 0 Å². The maximum atomic E-state index is 12.4. The number of pyridine rings is 1. The summed E-state index contributed by atoms with van der Waals surface area (Å²) in [4.78, 5) is 28.2. The normalized spacial score (nSPS) is 13.2. The number of nitrogens with one attached hydrogen (secondary N) is 1. The fourth-order valence-electron chi connectivity index (χ4n) is 2.52. The molecule has 0 aromatic carbocycles. The highest BCUT2D eigenvalue weighted by Gasteiger charge is 2.23. The molecule has 0 aliphatic carbocycles. The van der Waals surface area contributed by atoms with E-state index in [0.717, 1.165) is 5.39 Å². The number of carbonyl (C=O) groups is 2. The standard InChI is InChI=1S/C18H26N4O3/c1-11(2)22-15-12(10-20-22)8-13(9-19-15)16(23)21-14(17(24)25)6-7-18(3,4)5/h8-11,14H,6-7H2,1-5H3,(H,21,23)(H,24,25). The molecule has 0 fully saturated rings. The Kier molecular flexibility index (Phi) is 5.45. The van der Waals surface area contributed by atoms with E-state index in [2.05, 4.69) is 15.4 Å². The molecule has 7 nitrogen and oxygen atoms in total. The molecule has 2 N–H and O–H groups in total. The van der Waals surface area contributed by atoms with Gasteiger partial charge in [0, 0.05) is 17.6 Å². The number of aliphatic carboxylic acids is 1. The van der Waals surface area contributed by atoms with Crippen molar-refractivity contribution in [2.75, 3.05) is 0 Å². The summed E-state index contributed by atoms with van der Waals surface area (Å²) in [6, 6.07) is 0.936. The van der Waals surface area contributed by atoms with Gasteiger partial charge in [0.1, 0.15) is 6.04 Å². The van der Waals surface area contributed by atoms with E-state index in [-0.39, 0.29) is 11.5 Å². The molecule has 1 amide bonds. The first kappa shape index (κ1) is 18.9. The van der Waals surface area contributed by atoms with E-state index in [9.17, 15) is 14.7 Å². The van der Waals surface area contributed by atoms with Crippen LogP contribution in [-0.4, -0.2) is 37.8 Å².